The van der Waals surface area contributed by atoms with Gasteiger partial charge < -0.3 is 11.1 Å². The van der Waals surface area contributed by atoms with Crippen LogP contribution >= 0.6 is 0 Å². The van der Waals surface area contributed by atoms with Crippen LogP contribution in [0.5, 0.6) is 0 Å². The second kappa shape index (κ2) is 9.33. The minimum Gasteiger partial charge on any atom is -0.347 e. The van der Waals surface area contributed by atoms with Crippen molar-refractivity contribution in [2.45, 2.75) is 70.3 Å². The summed E-state index contributed by atoms with van der Waals surface area (Å²) in [6, 6.07) is 6.07. The van der Waals surface area contributed by atoms with Gasteiger partial charge in [-0.2, -0.15) is 0 Å². The van der Waals surface area contributed by atoms with Crippen molar-refractivity contribution in [1.82, 2.24) is 10.3 Å². The van der Waals surface area contributed by atoms with Crippen molar-refractivity contribution in [3.8, 4) is 0 Å². The predicted octanol–water partition coefficient (Wildman–Crippen LogP) is 3.97. The van der Waals surface area contributed by atoms with E-state index in [-0.39, 0.29) is 11.9 Å². The second-order valence-corrected chi connectivity index (χ2v) is 8.02. The zero-order valence-electron chi connectivity index (χ0n) is 15.3. The fourth-order valence-electron chi connectivity index (χ4n) is 4.64. The van der Waals surface area contributed by atoms with Crippen molar-refractivity contribution in [3.05, 3.63) is 30.1 Å². The van der Waals surface area contributed by atoms with E-state index in [1.807, 2.05) is 18.3 Å². The molecule has 2 fully saturated rings. The van der Waals surface area contributed by atoms with Crippen molar-refractivity contribution >= 4 is 5.91 Å². The highest BCUT2D eigenvalue weighted by Gasteiger charge is 2.30. The Hall–Kier alpha value is -1.42. The van der Waals surface area contributed by atoms with Gasteiger partial charge >= 0.3 is 0 Å². The summed E-state index contributed by atoms with van der Waals surface area (Å²) in [5, 5.41) is 3.35. The summed E-state index contributed by atoms with van der Waals surface area (Å²) in [7, 11) is 0. The van der Waals surface area contributed by atoms with Gasteiger partial charge in [0.2, 0.25) is 5.91 Å². The molecule has 1 amide bonds. The zero-order valence-corrected chi connectivity index (χ0v) is 15.3. The number of hydrogen-bond donors (Lipinski definition) is 2. The lowest BCUT2D eigenvalue weighted by atomic mass is 9.77. The van der Waals surface area contributed by atoms with E-state index in [0.29, 0.717) is 24.2 Å². The minimum absolute atomic E-state index is 0.0519. The van der Waals surface area contributed by atoms with Crippen molar-refractivity contribution in [2.24, 2.45) is 23.5 Å². The molecule has 1 aromatic heterocycles. The van der Waals surface area contributed by atoms with Crippen LogP contribution in [0.15, 0.2) is 24.4 Å². The minimum atomic E-state index is 0.0519. The molecule has 1 atom stereocenters. The number of nitrogens with one attached hydrogen (secondary N) is 1. The van der Waals surface area contributed by atoms with Gasteiger partial charge in [-0.05, 0) is 75.0 Å². The number of carbonyl (C=O) groups excluding carboxylic acids is 1. The number of hydrogen-bond acceptors (Lipinski definition) is 3. The van der Waals surface area contributed by atoms with Gasteiger partial charge in [0.15, 0.2) is 0 Å². The van der Waals surface area contributed by atoms with E-state index < -0.39 is 0 Å². The van der Waals surface area contributed by atoms with E-state index in [1.54, 1.807) is 0 Å². The lowest BCUT2D eigenvalue weighted by Gasteiger charge is -2.34. The number of nitrogens with zero attached hydrogens (tertiary/aromatic N) is 1. The number of aromatic nitrogens is 1. The lowest BCUT2D eigenvalue weighted by molar-refractivity contribution is -0.123. The molecule has 138 valence electrons. The molecule has 0 radical (unpaired) electrons. The van der Waals surface area contributed by atoms with E-state index in [4.69, 9.17) is 5.73 Å². The number of nitrogens with two attached hydrogens (primary N) is 1. The average molecular weight is 344 g/mol. The molecule has 2 saturated carbocycles. The Balaban J connectivity index is 1.63. The number of carbonyl (C=O) groups is 1. The highest BCUT2D eigenvalue weighted by atomic mass is 16.1. The molecule has 3 N–H and O–H groups in total. The van der Waals surface area contributed by atoms with Crippen LogP contribution in [-0.4, -0.2) is 17.4 Å². The van der Waals surface area contributed by atoms with Crippen LogP contribution in [0.25, 0.3) is 0 Å². The largest absolute Gasteiger partial charge is 0.347 e. The summed E-state index contributed by atoms with van der Waals surface area (Å²) in [6.07, 6.45) is 13.4. The van der Waals surface area contributed by atoms with E-state index in [9.17, 15) is 4.79 Å². The van der Waals surface area contributed by atoms with Gasteiger partial charge in [0.05, 0.1) is 11.7 Å². The fraction of sp³-hybridized carbons (Fsp3) is 0.714. The fourth-order valence-corrected chi connectivity index (χ4v) is 4.64. The summed E-state index contributed by atoms with van der Waals surface area (Å²) < 4.78 is 0. The average Bonchev–Trinajstić information content (AvgIpc) is 2.68. The van der Waals surface area contributed by atoms with E-state index in [2.05, 4.69) is 16.4 Å². The molecule has 0 unspecified atom stereocenters. The van der Waals surface area contributed by atoms with Crippen molar-refractivity contribution in [2.75, 3.05) is 6.54 Å². The Bertz CT molecular complexity index is 519. The van der Waals surface area contributed by atoms with Gasteiger partial charge in [-0.25, -0.2) is 0 Å². The maximum atomic E-state index is 12.7. The molecule has 4 heteroatoms. The third-order valence-electron chi connectivity index (χ3n) is 6.22. The van der Waals surface area contributed by atoms with Crippen molar-refractivity contribution < 1.29 is 4.79 Å². The predicted molar refractivity (Wildman–Crippen MR) is 101 cm³/mol. The molecular formula is C21H33N3O. The topological polar surface area (TPSA) is 68.0 Å². The number of amides is 1. The summed E-state index contributed by atoms with van der Waals surface area (Å²) in [6.45, 7) is 0.787. The molecule has 25 heavy (non-hydrogen) atoms. The summed E-state index contributed by atoms with van der Waals surface area (Å²) in [5.74, 6) is 1.92. The molecule has 0 aliphatic heterocycles. The van der Waals surface area contributed by atoms with E-state index in [1.165, 1.54) is 44.9 Å². The standard InChI is InChI=1S/C21H33N3O/c22-15-17-9-11-18(12-10-17)21(19-8-4-5-13-23-19)24-20(25)14-16-6-2-1-3-7-16/h4-5,8,13,16-18,21H,1-3,6-7,9-12,14-15,22H2,(H,24,25)/t17?,18?,21-/m1/s1. The first-order valence-electron chi connectivity index (χ1n) is 10.2. The SMILES string of the molecule is NCC1CCC([C@@H](NC(=O)CC2CCCCC2)c2ccccn2)CC1. The maximum absolute atomic E-state index is 12.7. The van der Waals surface area contributed by atoms with Crippen molar-refractivity contribution in [1.29, 1.82) is 0 Å². The second-order valence-electron chi connectivity index (χ2n) is 8.02. The highest BCUT2D eigenvalue weighted by molar-refractivity contribution is 5.76. The van der Waals surface area contributed by atoms with Crippen LogP contribution in [0.1, 0.15) is 75.9 Å². The maximum Gasteiger partial charge on any atom is 0.220 e. The molecule has 0 saturated heterocycles. The van der Waals surface area contributed by atoms with Gasteiger partial charge in [0.25, 0.3) is 0 Å². The van der Waals surface area contributed by atoms with Gasteiger partial charge in [-0.15, -0.1) is 0 Å². The lowest BCUT2D eigenvalue weighted by Crippen LogP contribution is -2.37. The molecule has 1 heterocycles. The molecule has 1 aromatic rings. The Morgan fingerprint density at radius 1 is 1.08 bits per heavy atom. The monoisotopic (exact) mass is 343 g/mol. The Kier molecular flexibility index (Phi) is 6.85. The van der Waals surface area contributed by atoms with Gasteiger partial charge in [-0.1, -0.05) is 25.3 Å². The molecule has 3 rings (SSSR count). The zero-order chi connectivity index (χ0) is 17.5. The number of rotatable bonds is 6. The van der Waals surface area contributed by atoms with E-state index in [0.717, 1.165) is 25.1 Å². The molecule has 4 nitrogen and oxygen atoms in total. The van der Waals surface area contributed by atoms with Gasteiger partial charge in [-0.3, -0.25) is 9.78 Å². The van der Waals surface area contributed by atoms with Crippen LogP contribution in [0, 0.1) is 17.8 Å². The van der Waals surface area contributed by atoms with Crippen LogP contribution in [0.3, 0.4) is 0 Å². The summed E-state index contributed by atoms with van der Waals surface area (Å²) in [4.78, 5) is 17.3. The first-order chi connectivity index (χ1) is 12.3. The summed E-state index contributed by atoms with van der Waals surface area (Å²) >= 11 is 0. The van der Waals surface area contributed by atoms with Crippen LogP contribution in [0.2, 0.25) is 0 Å². The Morgan fingerprint density at radius 3 is 2.48 bits per heavy atom. The van der Waals surface area contributed by atoms with Crippen LogP contribution in [0.4, 0.5) is 0 Å². The number of pyridine rings is 1. The molecule has 0 spiro atoms. The smallest absolute Gasteiger partial charge is 0.220 e. The third kappa shape index (κ3) is 5.27. The highest BCUT2D eigenvalue weighted by Crippen LogP contribution is 2.36. The molecule has 0 aromatic carbocycles. The molecule has 2 aliphatic carbocycles. The first kappa shape index (κ1) is 18.4. The normalized spacial score (nSPS) is 26.1. The van der Waals surface area contributed by atoms with Crippen LogP contribution in [-0.2, 0) is 4.79 Å². The molecular weight excluding hydrogens is 310 g/mol. The van der Waals surface area contributed by atoms with E-state index >= 15 is 0 Å². The first-order valence-corrected chi connectivity index (χ1v) is 10.2. The Morgan fingerprint density at radius 2 is 1.84 bits per heavy atom. The van der Waals surface area contributed by atoms with Gasteiger partial charge in [0, 0.05) is 12.6 Å². The van der Waals surface area contributed by atoms with Gasteiger partial charge in [0.1, 0.15) is 0 Å². The summed E-state index contributed by atoms with van der Waals surface area (Å²) in [5.41, 5.74) is 6.85. The Labute approximate surface area is 152 Å². The van der Waals surface area contributed by atoms with Crippen molar-refractivity contribution in [3.63, 3.8) is 0 Å². The third-order valence-corrected chi connectivity index (χ3v) is 6.22. The quantitative estimate of drug-likeness (QED) is 0.821. The molecule has 0 bridgehead atoms. The molecule has 2 aliphatic rings. The van der Waals surface area contributed by atoms with Crippen LogP contribution < -0.4 is 11.1 Å².